The zero-order chi connectivity index (χ0) is 12.2. The number of hydrogen-bond donors (Lipinski definition) is 2. The van der Waals surface area contributed by atoms with E-state index in [-0.39, 0.29) is 29.7 Å². The van der Waals surface area contributed by atoms with Gasteiger partial charge in [-0.15, -0.1) is 0 Å². The molecule has 16 heavy (non-hydrogen) atoms. The van der Waals surface area contributed by atoms with Crippen LogP contribution in [0.3, 0.4) is 0 Å². The molecule has 0 aromatic rings. The fourth-order valence-corrected chi connectivity index (χ4v) is 4.67. The van der Waals surface area contributed by atoms with E-state index < -0.39 is 19.9 Å². The minimum Gasteiger partial charge on any atom is -0.330 e. The van der Waals surface area contributed by atoms with Crippen LogP contribution in [0.4, 0.5) is 0 Å². The summed E-state index contributed by atoms with van der Waals surface area (Å²) in [7, 11) is -6.23. The summed E-state index contributed by atoms with van der Waals surface area (Å²) in [5, 5.41) is 0. The van der Waals surface area contributed by atoms with E-state index in [1.165, 1.54) is 0 Å². The summed E-state index contributed by atoms with van der Waals surface area (Å²) in [6.07, 6.45) is 0.958. The second-order valence-corrected chi connectivity index (χ2v) is 8.23. The van der Waals surface area contributed by atoms with Crippen LogP contribution in [0, 0.1) is 5.92 Å². The van der Waals surface area contributed by atoms with Crippen LogP contribution in [0.5, 0.6) is 0 Å². The van der Waals surface area contributed by atoms with E-state index in [9.17, 15) is 16.8 Å². The topological polar surface area (TPSA) is 106 Å². The third kappa shape index (κ3) is 4.77. The largest absolute Gasteiger partial charge is 0.330 e. The van der Waals surface area contributed by atoms with E-state index in [0.29, 0.717) is 19.4 Å². The van der Waals surface area contributed by atoms with Crippen molar-refractivity contribution in [3.05, 3.63) is 0 Å². The maximum atomic E-state index is 11.4. The molecule has 0 saturated carbocycles. The molecule has 1 atom stereocenters. The van der Waals surface area contributed by atoms with E-state index in [1.54, 1.807) is 0 Å². The molecule has 1 rings (SSSR count). The van der Waals surface area contributed by atoms with Crippen molar-refractivity contribution in [3.63, 3.8) is 0 Å². The molecule has 0 amide bonds. The molecule has 8 heteroatoms. The average Bonchev–Trinajstić information content (AvgIpc) is 2.53. The van der Waals surface area contributed by atoms with Crippen LogP contribution in [0.25, 0.3) is 0 Å². The van der Waals surface area contributed by atoms with Gasteiger partial charge in [0.15, 0.2) is 9.84 Å². The Morgan fingerprint density at radius 2 is 2.06 bits per heavy atom. The van der Waals surface area contributed by atoms with E-state index in [0.717, 1.165) is 0 Å². The Morgan fingerprint density at radius 3 is 2.56 bits per heavy atom. The molecule has 0 aliphatic carbocycles. The maximum Gasteiger partial charge on any atom is 0.211 e. The standard InChI is InChI=1S/C8H18N2O4S2/c9-3-1-4-16(13,14)10-6-8-2-5-15(11,12)7-8/h8,10H,1-7,9H2. The highest BCUT2D eigenvalue weighted by atomic mass is 32.2. The summed E-state index contributed by atoms with van der Waals surface area (Å²) in [6.45, 7) is 0.546. The maximum absolute atomic E-state index is 11.4. The Kier molecular flexibility index (Phi) is 4.72. The molecule has 6 nitrogen and oxygen atoms in total. The molecule has 1 heterocycles. The first kappa shape index (κ1) is 13.9. The van der Waals surface area contributed by atoms with Gasteiger partial charge in [0.05, 0.1) is 17.3 Å². The first-order valence-electron chi connectivity index (χ1n) is 5.22. The van der Waals surface area contributed by atoms with Gasteiger partial charge in [0.25, 0.3) is 0 Å². The van der Waals surface area contributed by atoms with Gasteiger partial charge in [0.1, 0.15) is 0 Å². The van der Waals surface area contributed by atoms with Crippen LogP contribution in [-0.2, 0) is 19.9 Å². The minimum atomic E-state index is -3.29. The molecular weight excluding hydrogens is 252 g/mol. The highest BCUT2D eigenvalue weighted by molar-refractivity contribution is 7.91. The van der Waals surface area contributed by atoms with Crippen molar-refractivity contribution >= 4 is 19.9 Å². The average molecular weight is 270 g/mol. The van der Waals surface area contributed by atoms with Gasteiger partial charge in [-0.2, -0.15) is 0 Å². The van der Waals surface area contributed by atoms with Crippen molar-refractivity contribution in [3.8, 4) is 0 Å². The lowest BCUT2D eigenvalue weighted by atomic mass is 10.1. The Bertz CT molecular complexity index is 415. The van der Waals surface area contributed by atoms with Gasteiger partial charge in [-0.1, -0.05) is 0 Å². The quantitative estimate of drug-likeness (QED) is 0.623. The van der Waals surface area contributed by atoms with Gasteiger partial charge >= 0.3 is 0 Å². The molecule has 1 fully saturated rings. The summed E-state index contributed by atoms with van der Waals surface area (Å²) in [6, 6.07) is 0. The number of nitrogens with two attached hydrogens (primary N) is 1. The summed E-state index contributed by atoms with van der Waals surface area (Å²) in [5.74, 6) is 0.176. The van der Waals surface area contributed by atoms with E-state index >= 15 is 0 Å². The van der Waals surface area contributed by atoms with Crippen molar-refractivity contribution in [2.24, 2.45) is 11.7 Å². The highest BCUT2D eigenvalue weighted by Crippen LogP contribution is 2.17. The van der Waals surface area contributed by atoms with Crippen molar-refractivity contribution in [1.29, 1.82) is 0 Å². The Labute approximate surface area is 96.6 Å². The van der Waals surface area contributed by atoms with Crippen LogP contribution in [0.1, 0.15) is 12.8 Å². The lowest BCUT2D eigenvalue weighted by Gasteiger charge is -2.09. The second kappa shape index (κ2) is 5.44. The lowest BCUT2D eigenvalue weighted by molar-refractivity contribution is 0.542. The van der Waals surface area contributed by atoms with Gasteiger partial charge in [-0.25, -0.2) is 21.6 Å². The van der Waals surface area contributed by atoms with Crippen LogP contribution in [0.2, 0.25) is 0 Å². The van der Waals surface area contributed by atoms with Gasteiger partial charge in [0, 0.05) is 6.54 Å². The first-order chi connectivity index (χ1) is 7.35. The normalized spacial score (nSPS) is 24.7. The summed E-state index contributed by atoms with van der Waals surface area (Å²) < 4.78 is 47.5. The third-order valence-corrected chi connectivity index (χ3v) is 5.81. The first-order valence-corrected chi connectivity index (χ1v) is 8.70. The Hall–Kier alpha value is -0.180. The Morgan fingerprint density at radius 1 is 1.38 bits per heavy atom. The molecule has 1 saturated heterocycles. The smallest absolute Gasteiger partial charge is 0.211 e. The number of sulfone groups is 1. The van der Waals surface area contributed by atoms with Gasteiger partial charge < -0.3 is 5.73 Å². The molecule has 1 aliphatic rings. The molecule has 3 N–H and O–H groups in total. The molecule has 0 radical (unpaired) electrons. The third-order valence-electron chi connectivity index (χ3n) is 2.54. The SMILES string of the molecule is NCCCS(=O)(=O)NCC1CCS(=O)(=O)C1. The van der Waals surface area contributed by atoms with Crippen LogP contribution < -0.4 is 10.5 Å². The van der Waals surface area contributed by atoms with E-state index in [4.69, 9.17) is 5.73 Å². The lowest BCUT2D eigenvalue weighted by Crippen LogP contribution is -2.32. The minimum absolute atomic E-state index is 0.00295. The molecule has 1 unspecified atom stereocenters. The molecule has 1 aliphatic heterocycles. The number of hydrogen-bond acceptors (Lipinski definition) is 5. The summed E-state index contributed by atoms with van der Waals surface area (Å²) in [4.78, 5) is 0. The molecule has 0 aromatic heterocycles. The van der Waals surface area contributed by atoms with Gasteiger partial charge in [-0.3, -0.25) is 0 Å². The Balaban J connectivity index is 2.35. The van der Waals surface area contributed by atoms with Gasteiger partial charge in [-0.05, 0) is 25.3 Å². The predicted molar refractivity (Wildman–Crippen MR) is 62.2 cm³/mol. The molecule has 0 aromatic carbocycles. The van der Waals surface area contributed by atoms with E-state index in [2.05, 4.69) is 4.72 Å². The molecular formula is C8H18N2O4S2. The van der Waals surface area contributed by atoms with Crippen molar-refractivity contribution in [1.82, 2.24) is 4.72 Å². The molecule has 96 valence electrons. The number of nitrogens with one attached hydrogen (secondary N) is 1. The fraction of sp³-hybridized carbons (Fsp3) is 1.00. The molecule has 0 bridgehead atoms. The zero-order valence-electron chi connectivity index (χ0n) is 9.05. The van der Waals surface area contributed by atoms with Crippen LogP contribution in [0.15, 0.2) is 0 Å². The van der Waals surface area contributed by atoms with Crippen molar-refractivity contribution in [2.75, 3.05) is 30.3 Å². The van der Waals surface area contributed by atoms with Crippen LogP contribution >= 0.6 is 0 Å². The monoisotopic (exact) mass is 270 g/mol. The summed E-state index contributed by atoms with van der Waals surface area (Å²) >= 11 is 0. The number of sulfonamides is 1. The van der Waals surface area contributed by atoms with Crippen molar-refractivity contribution < 1.29 is 16.8 Å². The predicted octanol–water partition coefficient (Wildman–Crippen LogP) is -1.31. The molecule has 0 spiro atoms. The highest BCUT2D eigenvalue weighted by Gasteiger charge is 2.28. The second-order valence-electron chi connectivity index (χ2n) is 4.08. The summed E-state index contributed by atoms with van der Waals surface area (Å²) in [5.41, 5.74) is 5.22. The van der Waals surface area contributed by atoms with Crippen molar-refractivity contribution in [2.45, 2.75) is 12.8 Å². The fourth-order valence-electron chi connectivity index (χ4n) is 1.62. The zero-order valence-corrected chi connectivity index (χ0v) is 10.7. The number of rotatable bonds is 6. The van der Waals surface area contributed by atoms with Gasteiger partial charge in [0.2, 0.25) is 10.0 Å². The van der Waals surface area contributed by atoms with Crippen LogP contribution in [-0.4, -0.2) is 47.2 Å². The van der Waals surface area contributed by atoms with E-state index in [1.807, 2.05) is 0 Å².